The fourth-order valence-corrected chi connectivity index (χ4v) is 1.64. The van der Waals surface area contributed by atoms with Crippen molar-refractivity contribution < 1.29 is 23.5 Å². The molecule has 0 aromatic heterocycles. The highest BCUT2D eigenvalue weighted by atomic mass is 35.5. The van der Waals surface area contributed by atoms with Crippen LogP contribution in [0.2, 0.25) is 5.02 Å². The lowest BCUT2D eigenvalue weighted by Crippen LogP contribution is -2.13. The first-order valence-electron chi connectivity index (χ1n) is 6.45. The molecule has 1 rings (SSSR count). The number of benzene rings is 1. The van der Waals surface area contributed by atoms with Crippen molar-refractivity contribution in [2.75, 3.05) is 6.61 Å². The number of rotatable bonds is 8. The van der Waals surface area contributed by atoms with Crippen molar-refractivity contribution in [3.05, 3.63) is 41.7 Å². The molecule has 0 aliphatic carbocycles. The van der Waals surface area contributed by atoms with Crippen LogP contribution >= 0.6 is 11.6 Å². The average Bonchev–Trinajstić information content (AvgIpc) is 2.45. The minimum Gasteiger partial charge on any atom is -0.466 e. The van der Waals surface area contributed by atoms with Crippen molar-refractivity contribution in [1.29, 1.82) is 0 Å². The van der Waals surface area contributed by atoms with Crippen molar-refractivity contribution in [1.82, 2.24) is 0 Å². The first-order chi connectivity index (χ1) is 10.0. The summed E-state index contributed by atoms with van der Waals surface area (Å²) in [5.41, 5.74) is 0. The molecule has 0 atom stereocenters. The number of carbonyl (C=O) groups excluding carboxylic acids is 2. The molecule has 21 heavy (non-hydrogen) atoms. The summed E-state index contributed by atoms with van der Waals surface area (Å²) < 4.78 is 23.1. The average molecular weight is 315 g/mol. The lowest BCUT2D eigenvalue weighted by atomic mass is 10.3. The molecule has 0 aliphatic heterocycles. The Hall–Kier alpha value is -1.88. The highest BCUT2D eigenvalue weighted by Crippen LogP contribution is 2.27. The molecule has 114 valence electrons. The zero-order valence-electron chi connectivity index (χ0n) is 11.4. The van der Waals surface area contributed by atoms with Crippen molar-refractivity contribution in [2.24, 2.45) is 0 Å². The number of hydrogen-bond acceptors (Lipinski definition) is 4. The summed E-state index contributed by atoms with van der Waals surface area (Å²) in [6, 6.07) is 3.93. The molecule has 1 aromatic rings. The van der Waals surface area contributed by atoms with Crippen molar-refractivity contribution >= 4 is 23.5 Å². The molecule has 0 saturated heterocycles. The molecule has 1 aromatic carbocycles. The number of carbonyl (C=O) groups is 2. The van der Waals surface area contributed by atoms with E-state index < -0.39 is 17.8 Å². The van der Waals surface area contributed by atoms with Gasteiger partial charge in [-0.1, -0.05) is 23.7 Å². The Kier molecular flexibility index (Phi) is 7.46. The second-order valence-electron chi connectivity index (χ2n) is 4.18. The zero-order chi connectivity index (χ0) is 15.7. The van der Waals surface area contributed by atoms with Crippen LogP contribution in [0.4, 0.5) is 4.39 Å². The Morgan fingerprint density at radius 1 is 1.29 bits per heavy atom. The van der Waals surface area contributed by atoms with Crippen molar-refractivity contribution in [2.45, 2.75) is 25.7 Å². The lowest BCUT2D eigenvalue weighted by Gasteiger charge is -2.07. The Morgan fingerprint density at radius 3 is 2.67 bits per heavy atom. The molecule has 0 amide bonds. The zero-order valence-corrected chi connectivity index (χ0v) is 12.2. The molecule has 0 unspecified atom stereocenters. The normalized spacial score (nSPS) is 10.0. The monoisotopic (exact) mass is 314 g/mol. The largest absolute Gasteiger partial charge is 0.466 e. The summed E-state index contributed by atoms with van der Waals surface area (Å²) in [5, 5.41) is -0.00430. The maximum Gasteiger partial charge on any atom is 0.311 e. The van der Waals surface area contributed by atoms with Gasteiger partial charge in [-0.15, -0.1) is 6.58 Å². The third-order valence-electron chi connectivity index (χ3n) is 2.48. The maximum atomic E-state index is 13.4. The van der Waals surface area contributed by atoms with Gasteiger partial charge in [-0.05, 0) is 25.0 Å². The third kappa shape index (κ3) is 6.40. The Morgan fingerprint density at radius 2 is 2.00 bits per heavy atom. The predicted octanol–water partition coefficient (Wildman–Crippen LogP) is 3.67. The van der Waals surface area contributed by atoms with Crippen LogP contribution in [0.5, 0.6) is 5.75 Å². The second kappa shape index (κ2) is 9.13. The summed E-state index contributed by atoms with van der Waals surface area (Å²) in [7, 11) is 0. The van der Waals surface area contributed by atoms with Gasteiger partial charge in [0.15, 0.2) is 11.6 Å². The Labute approximate surface area is 127 Å². The first kappa shape index (κ1) is 17.2. The number of unbranched alkanes of at least 4 members (excludes halogenated alkanes) is 1. The van der Waals surface area contributed by atoms with Crippen LogP contribution in [-0.4, -0.2) is 18.5 Å². The molecule has 0 spiro atoms. The summed E-state index contributed by atoms with van der Waals surface area (Å²) >= 11 is 5.72. The van der Waals surface area contributed by atoms with E-state index in [1.54, 1.807) is 6.08 Å². The van der Waals surface area contributed by atoms with Crippen molar-refractivity contribution in [3.63, 3.8) is 0 Å². The molecule has 0 saturated carbocycles. The van der Waals surface area contributed by atoms with Crippen LogP contribution in [0.15, 0.2) is 30.9 Å². The van der Waals surface area contributed by atoms with E-state index in [1.807, 2.05) is 0 Å². The SMILES string of the molecule is C=CCCCOC(=O)CCC(=O)Oc1c(F)cccc1Cl. The number of hydrogen-bond donors (Lipinski definition) is 0. The van der Waals surface area contributed by atoms with Gasteiger partial charge in [0.05, 0.1) is 24.5 Å². The molecule has 0 heterocycles. The molecule has 6 heteroatoms. The van der Waals surface area contributed by atoms with Crippen LogP contribution in [0.3, 0.4) is 0 Å². The summed E-state index contributed by atoms with van der Waals surface area (Å²) in [5.74, 6) is -2.31. The van der Waals surface area contributed by atoms with Gasteiger partial charge in [-0.25, -0.2) is 4.39 Å². The van der Waals surface area contributed by atoms with E-state index in [2.05, 4.69) is 6.58 Å². The van der Waals surface area contributed by atoms with Crippen LogP contribution in [0.25, 0.3) is 0 Å². The Balaban J connectivity index is 2.34. The molecule has 0 aliphatic rings. The van der Waals surface area contributed by atoms with Crippen LogP contribution in [0, 0.1) is 5.82 Å². The molecule has 0 bridgehead atoms. The van der Waals surface area contributed by atoms with Gasteiger partial charge in [-0.3, -0.25) is 9.59 Å². The van der Waals surface area contributed by atoms with Gasteiger partial charge >= 0.3 is 11.9 Å². The van der Waals surface area contributed by atoms with E-state index in [-0.39, 0.29) is 30.2 Å². The molecule has 0 N–H and O–H groups in total. The number of esters is 2. The number of allylic oxidation sites excluding steroid dienone is 1. The Bertz CT molecular complexity index is 496. The number of halogens is 2. The van der Waals surface area contributed by atoms with Gasteiger partial charge in [0.1, 0.15) is 0 Å². The lowest BCUT2D eigenvalue weighted by molar-refractivity contribution is -0.147. The first-order valence-corrected chi connectivity index (χ1v) is 6.83. The third-order valence-corrected chi connectivity index (χ3v) is 2.78. The highest BCUT2D eigenvalue weighted by molar-refractivity contribution is 6.32. The van der Waals surface area contributed by atoms with Crippen LogP contribution in [-0.2, 0) is 14.3 Å². The summed E-state index contributed by atoms with van der Waals surface area (Å²) in [4.78, 5) is 22.9. The highest BCUT2D eigenvalue weighted by Gasteiger charge is 2.15. The van der Waals surface area contributed by atoms with Gasteiger partial charge in [0.2, 0.25) is 0 Å². The molecule has 4 nitrogen and oxygen atoms in total. The van der Waals surface area contributed by atoms with E-state index in [9.17, 15) is 14.0 Å². The maximum absolute atomic E-state index is 13.4. The van der Waals surface area contributed by atoms with E-state index >= 15 is 0 Å². The predicted molar refractivity (Wildman–Crippen MR) is 76.7 cm³/mol. The van der Waals surface area contributed by atoms with Gasteiger partial charge in [0, 0.05) is 0 Å². The molecular weight excluding hydrogens is 299 g/mol. The van der Waals surface area contributed by atoms with E-state index in [4.69, 9.17) is 21.1 Å². The minimum absolute atomic E-state index is 0.00430. The minimum atomic E-state index is -0.745. The smallest absolute Gasteiger partial charge is 0.311 e. The summed E-state index contributed by atoms with van der Waals surface area (Å²) in [6.45, 7) is 3.82. The fraction of sp³-hybridized carbons (Fsp3) is 0.333. The van der Waals surface area contributed by atoms with Crippen molar-refractivity contribution in [3.8, 4) is 5.75 Å². The quantitative estimate of drug-likeness (QED) is 0.318. The van der Waals surface area contributed by atoms with Crippen LogP contribution < -0.4 is 4.74 Å². The summed E-state index contributed by atoms with van der Waals surface area (Å²) in [6.07, 6.45) is 2.83. The van der Waals surface area contributed by atoms with E-state index in [1.165, 1.54) is 12.1 Å². The topological polar surface area (TPSA) is 52.6 Å². The van der Waals surface area contributed by atoms with Gasteiger partial charge < -0.3 is 9.47 Å². The molecule has 0 radical (unpaired) electrons. The second-order valence-corrected chi connectivity index (χ2v) is 4.58. The standard InChI is InChI=1S/C15H16ClFO4/c1-2-3-4-10-20-13(18)8-9-14(19)21-15-11(16)6-5-7-12(15)17/h2,5-7H,1,3-4,8-10H2. The van der Waals surface area contributed by atoms with E-state index in [0.29, 0.717) is 6.42 Å². The number of ether oxygens (including phenoxy) is 2. The molecular formula is C15H16ClFO4. The van der Waals surface area contributed by atoms with Gasteiger partial charge in [0.25, 0.3) is 0 Å². The van der Waals surface area contributed by atoms with E-state index in [0.717, 1.165) is 12.5 Å². The fourth-order valence-electron chi connectivity index (χ4n) is 1.43. The molecule has 0 fully saturated rings. The van der Waals surface area contributed by atoms with Gasteiger partial charge in [-0.2, -0.15) is 0 Å². The van der Waals surface area contributed by atoms with Crippen LogP contribution in [0.1, 0.15) is 25.7 Å². The number of para-hydroxylation sites is 1.